The largest absolute Gasteiger partial charge is 0.355 e. The third kappa shape index (κ3) is 6.64. The molecule has 3 heterocycles. The number of carbonyl (C=O) groups is 2. The minimum absolute atomic E-state index is 0.0752. The van der Waals surface area contributed by atoms with Crippen molar-refractivity contribution in [2.75, 3.05) is 52.4 Å². The Labute approximate surface area is 195 Å². The molecular formula is C25H34N4O2S. The molecule has 1 aromatic heterocycles. The van der Waals surface area contributed by atoms with Crippen molar-refractivity contribution >= 4 is 23.2 Å². The molecule has 2 aromatic rings. The van der Waals surface area contributed by atoms with Crippen molar-refractivity contribution in [3.8, 4) is 0 Å². The molecule has 1 aromatic carbocycles. The molecule has 6 nitrogen and oxygen atoms in total. The zero-order valence-corrected chi connectivity index (χ0v) is 19.6. The van der Waals surface area contributed by atoms with E-state index < -0.39 is 0 Å². The minimum Gasteiger partial charge on any atom is -0.355 e. The van der Waals surface area contributed by atoms with Crippen LogP contribution in [0.2, 0.25) is 0 Å². The van der Waals surface area contributed by atoms with E-state index in [2.05, 4.69) is 50.8 Å². The fourth-order valence-electron chi connectivity index (χ4n) is 4.55. The Bertz CT molecular complexity index is 842. The number of rotatable bonds is 8. The molecule has 2 fully saturated rings. The van der Waals surface area contributed by atoms with Crippen LogP contribution in [0.1, 0.15) is 23.3 Å². The Hall–Kier alpha value is -2.22. The van der Waals surface area contributed by atoms with E-state index >= 15 is 0 Å². The van der Waals surface area contributed by atoms with Gasteiger partial charge in [0, 0.05) is 50.1 Å². The van der Waals surface area contributed by atoms with Crippen LogP contribution >= 0.6 is 11.3 Å². The lowest BCUT2D eigenvalue weighted by atomic mass is 9.96. The van der Waals surface area contributed by atoms with Gasteiger partial charge in [-0.1, -0.05) is 36.4 Å². The highest BCUT2D eigenvalue weighted by molar-refractivity contribution is 7.09. The molecule has 2 amide bonds. The van der Waals surface area contributed by atoms with Gasteiger partial charge in [-0.15, -0.1) is 11.3 Å². The number of benzene rings is 1. The van der Waals surface area contributed by atoms with Gasteiger partial charge in [-0.25, -0.2) is 0 Å². The second-order valence-electron chi connectivity index (χ2n) is 8.81. The van der Waals surface area contributed by atoms with Gasteiger partial charge >= 0.3 is 0 Å². The smallest absolute Gasteiger partial charge is 0.236 e. The van der Waals surface area contributed by atoms with Crippen LogP contribution in [0.3, 0.4) is 0 Å². The van der Waals surface area contributed by atoms with Gasteiger partial charge in [0.1, 0.15) is 0 Å². The molecule has 0 spiro atoms. The van der Waals surface area contributed by atoms with Crippen molar-refractivity contribution in [3.05, 3.63) is 58.3 Å². The molecule has 0 bridgehead atoms. The van der Waals surface area contributed by atoms with Crippen molar-refractivity contribution in [2.24, 2.45) is 5.92 Å². The summed E-state index contributed by atoms with van der Waals surface area (Å²) in [5.41, 5.74) is 1.32. The molecule has 0 aliphatic carbocycles. The SMILES string of the molecule is O=C(NCCc1cccs1)C1CCN(CC(=O)N2CCN(Cc3ccccc3)CC2)CC1. The number of piperidine rings is 1. The average Bonchev–Trinajstić information content (AvgIpc) is 3.34. The molecule has 32 heavy (non-hydrogen) atoms. The van der Waals surface area contributed by atoms with Crippen LogP contribution in [0.15, 0.2) is 47.8 Å². The first kappa shape index (κ1) is 23.0. The summed E-state index contributed by atoms with van der Waals surface area (Å²) >= 11 is 1.73. The third-order valence-electron chi connectivity index (χ3n) is 6.54. The Morgan fingerprint density at radius 3 is 2.34 bits per heavy atom. The summed E-state index contributed by atoms with van der Waals surface area (Å²) in [5, 5.41) is 5.16. The second kappa shape index (κ2) is 11.6. The van der Waals surface area contributed by atoms with E-state index in [1.54, 1.807) is 11.3 Å². The first-order valence-corrected chi connectivity index (χ1v) is 12.6. The first-order chi connectivity index (χ1) is 15.7. The monoisotopic (exact) mass is 454 g/mol. The standard InChI is InChI=1S/C25H34N4O2S/c30-24(29-16-14-28(15-17-29)19-21-5-2-1-3-6-21)20-27-12-9-22(10-13-27)25(31)26-11-8-23-7-4-18-32-23/h1-7,18,22H,8-17,19-20H2,(H,26,31). The molecule has 4 rings (SSSR count). The normalized spacial score (nSPS) is 18.6. The van der Waals surface area contributed by atoms with Crippen LogP contribution in [-0.2, 0) is 22.6 Å². The molecule has 0 radical (unpaired) electrons. The number of likely N-dealkylation sites (tertiary alicyclic amines) is 1. The lowest BCUT2D eigenvalue weighted by Gasteiger charge is -2.37. The predicted molar refractivity (Wildman–Crippen MR) is 128 cm³/mol. The predicted octanol–water partition coefficient (Wildman–Crippen LogP) is 2.46. The van der Waals surface area contributed by atoms with Gasteiger partial charge in [0.05, 0.1) is 6.54 Å². The zero-order chi connectivity index (χ0) is 22.2. The van der Waals surface area contributed by atoms with Crippen LogP contribution < -0.4 is 5.32 Å². The maximum Gasteiger partial charge on any atom is 0.236 e. The molecule has 2 saturated heterocycles. The summed E-state index contributed by atoms with van der Waals surface area (Å²) in [7, 11) is 0. The number of nitrogens with one attached hydrogen (secondary N) is 1. The molecular weight excluding hydrogens is 420 g/mol. The van der Waals surface area contributed by atoms with E-state index in [0.717, 1.165) is 65.1 Å². The van der Waals surface area contributed by atoms with Crippen LogP contribution in [0.4, 0.5) is 0 Å². The number of thiophene rings is 1. The van der Waals surface area contributed by atoms with Crippen LogP contribution in [0.25, 0.3) is 0 Å². The molecule has 172 valence electrons. The second-order valence-corrected chi connectivity index (χ2v) is 9.85. The summed E-state index contributed by atoms with van der Waals surface area (Å²) in [5.74, 6) is 0.469. The van der Waals surface area contributed by atoms with Gasteiger partial charge in [0.15, 0.2) is 0 Å². The third-order valence-corrected chi connectivity index (χ3v) is 7.48. The van der Waals surface area contributed by atoms with Crippen molar-refractivity contribution < 1.29 is 9.59 Å². The summed E-state index contributed by atoms with van der Waals surface area (Å²) in [4.78, 5) is 33.2. The number of hydrogen-bond acceptors (Lipinski definition) is 5. The van der Waals surface area contributed by atoms with E-state index in [4.69, 9.17) is 0 Å². The fraction of sp³-hybridized carbons (Fsp3) is 0.520. The summed E-state index contributed by atoms with van der Waals surface area (Å²) in [6.07, 6.45) is 2.57. The highest BCUT2D eigenvalue weighted by Gasteiger charge is 2.28. The molecule has 7 heteroatoms. The van der Waals surface area contributed by atoms with Gasteiger partial charge in [0.2, 0.25) is 11.8 Å². The maximum absolute atomic E-state index is 12.8. The minimum atomic E-state index is 0.0752. The van der Waals surface area contributed by atoms with Gasteiger partial charge in [-0.05, 0) is 49.4 Å². The quantitative estimate of drug-likeness (QED) is 0.666. The summed E-state index contributed by atoms with van der Waals surface area (Å²) in [6, 6.07) is 14.7. The van der Waals surface area contributed by atoms with E-state index in [-0.39, 0.29) is 17.7 Å². The van der Waals surface area contributed by atoms with Gasteiger partial charge < -0.3 is 10.2 Å². The van der Waals surface area contributed by atoms with Crippen molar-refractivity contribution in [1.29, 1.82) is 0 Å². The lowest BCUT2D eigenvalue weighted by Crippen LogP contribution is -2.52. The molecule has 2 aliphatic rings. The van der Waals surface area contributed by atoms with Crippen molar-refractivity contribution in [3.63, 3.8) is 0 Å². The Kier molecular flexibility index (Phi) is 8.31. The Balaban J connectivity index is 1.11. The Morgan fingerprint density at radius 2 is 1.66 bits per heavy atom. The van der Waals surface area contributed by atoms with E-state index in [0.29, 0.717) is 13.1 Å². The first-order valence-electron chi connectivity index (χ1n) is 11.7. The number of piperazine rings is 1. The summed E-state index contributed by atoms with van der Waals surface area (Å²) in [6.45, 7) is 7.23. The lowest BCUT2D eigenvalue weighted by molar-refractivity contribution is -0.134. The zero-order valence-electron chi connectivity index (χ0n) is 18.7. The molecule has 0 saturated carbocycles. The average molecular weight is 455 g/mol. The number of hydrogen-bond donors (Lipinski definition) is 1. The van der Waals surface area contributed by atoms with Crippen molar-refractivity contribution in [1.82, 2.24) is 20.0 Å². The van der Waals surface area contributed by atoms with Gasteiger partial charge in [-0.3, -0.25) is 19.4 Å². The highest BCUT2D eigenvalue weighted by atomic mass is 32.1. The summed E-state index contributed by atoms with van der Waals surface area (Å²) < 4.78 is 0. The van der Waals surface area contributed by atoms with E-state index in [1.165, 1.54) is 10.4 Å². The number of nitrogens with zero attached hydrogens (tertiary/aromatic N) is 3. The van der Waals surface area contributed by atoms with E-state index in [9.17, 15) is 9.59 Å². The van der Waals surface area contributed by atoms with Crippen LogP contribution in [0, 0.1) is 5.92 Å². The molecule has 1 N–H and O–H groups in total. The van der Waals surface area contributed by atoms with Crippen LogP contribution in [0.5, 0.6) is 0 Å². The number of amides is 2. The number of carbonyl (C=O) groups excluding carboxylic acids is 2. The maximum atomic E-state index is 12.8. The molecule has 0 unspecified atom stereocenters. The molecule has 0 atom stereocenters. The van der Waals surface area contributed by atoms with Crippen molar-refractivity contribution in [2.45, 2.75) is 25.8 Å². The Morgan fingerprint density at radius 1 is 0.906 bits per heavy atom. The fourth-order valence-corrected chi connectivity index (χ4v) is 5.26. The van der Waals surface area contributed by atoms with E-state index in [1.807, 2.05) is 17.0 Å². The topological polar surface area (TPSA) is 55.9 Å². The van der Waals surface area contributed by atoms with Crippen LogP contribution in [-0.4, -0.2) is 78.9 Å². The van der Waals surface area contributed by atoms with Gasteiger partial charge in [-0.2, -0.15) is 0 Å². The van der Waals surface area contributed by atoms with Gasteiger partial charge in [0.25, 0.3) is 0 Å². The molecule has 2 aliphatic heterocycles. The highest BCUT2D eigenvalue weighted by Crippen LogP contribution is 2.18.